The first-order chi connectivity index (χ1) is 13.0. The van der Waals surface area contributed by atoms with Gasteiger partial charge in [-0.15, -0.1) is 0 Å². The summed E-state index contributed by atoms with van der Waals surface area (Å²) in [6, 6.07) is 8.78. The topological polar surface area (TPSA) is 48.7 Å². The summed E-state index contributed by atoms with van der Waals surface area (Å²) in [6.07, 6.45) is 5.27. The Hall–Kier alpha value is -2.34. The molecule has 1 fully saturated rings. The SMILES string of the molecule is CCNC(=NCc1ccc(CN(C)C)cc1)N1CCC(c2cnn(C)c2)C1. The van der Waals surface area contributed by atoms with Crippen molar-refractivity contribution >= 4 is 5.96 Å². The molecular formula is C21H32N6. The monoisotopic (exact) mass is 368 g/mol. The van der Waals surface area contributed by atoms with E-state index in [1.165, 1.54) is 16.7 Å². The summed E-state index contributed by atoms with van der Waals surface area (Å²) < 4.78 is 1.89. The van der Waals surface area contributed by atoms with Crippen LogP contribution in [0, 0.1) is 0 Å². The van der Waals surface area contributed by atoms with Gasteiger partial charge in [-0.3, -0.25) is 4.68 Å². The predicted octanol–water partition coefficient (Wildman–Crippen LogP) is 2.44. The molecule has 0 amide bonds. The molecular weight excluding hydrogens is 336 g/mol. The zero-order chi connectivity index (χ0) is 19.2. The summed E-state index contributed by atoms with van der Waals surface area (Å²) in [7, 11) is 6.16. The summed E-state index contributed by atoms with van der Waals surface area (Å²) in [4.78, 5) is 9.45. The van der Waals surface area contributed by atoms with Gasteiger partial charge in [0, 0.05) is 45.3 Å². The number of hydrogen-bond acceptors (Lipinski definition) is 3. The molecule has 6 heteroatoms. The van der Waals surface area contributed by atoms with Gasteiger partial charge in [0.1, 0.15) is 0 Å². The van der Waals surface area contributed by atoms with Gasteiger partial charge < -0.3 is 15.1 Å². The molecule has 1 aromatic carbocycles. The largest absolute Gasteiger partial charge is 0.357 e. The van der Waals surface area contributed by atoms with Crippen LogP contribution in [0.2, 0.25) is 0 Å². The summed E-state index contributed by atoms with van der Waals surface area (Å²) in [5.74, 6) is 1.55. The second-order valence-electron chi connectivity index (χ2n) is 7.60. The third-order valence-corrected chi connectivity index (χ3v) is 4.95. The van der Waals surface area contributed by atoms with Crippen LogP contribution in [0.5, 0.6) is 0 Å². The van der Waals surface area contributed by atoms with Gasteiger partial charge in [-0.05, 0) is 44.1 Å². The third kappa shape index (κ3) is 5.32. The van der Waals surface area contributed by atoms with E-state index < -0.39 is 0 Å². The predicted molar refractivity (Wildman–Crippen MR) is 111 cm³/mol. The van der Waals surface area contributed by atoms with Crippen LogP contribution >= 0.6 is 0 Å². The fourth-order valence-electron chi connectivity index (χ4n) is 3.58. The molecule has 1 atom stereocenters. The van der Waals surface area contributed by atoms with Gasteiger partial charge >= 0.3 is 0 Å². The molecule has 0 saturated carbocycles. The highest BCUT2D eigenvalue weighted by Crippen LogP contribution is 2.26. The standard InChI is InChI=1S/C21H32N6/c1-5-22-21(23-12-17-6-8-18(9-7-17)14-25(2)3)27-11-10-19(16-27)20-13-24-26(4)15-20/h6-9,13,15,19H,5,10-12,14,16H2,1-4H3,(H,22,23). The Balaban J connectivity index is 1.63. The molecule has 146 valence electrons. The molecule has 27 heavy (non-hydrogen) atoms. The van der Waals surface area contributed by atoms with Crippen LogP contribution in [-0.4, -0.2) is 59.3 Å². The fourth-order valence-corrected chi connectivity index (χ4v) is 3.58. The van der Waals surface area contributed by atoms with E-state index in [1.807, 2.05) is 17.9 Å². The normalized spacial score (nSPS) is 17.7. The second-order valence-corrected chi connectivity index (χ2v) is 7.60. The van der Waals surface area contributed by atoms with Gasteiger partial charge in [0.15, 0.2) is 5.96 Å². The Morgan fingerprint density at radius 1 is 1.26 bits per heavy atom. The lowest BCUT2D eigenvalue weighted by Crippen LogP contribution is -2.40. The van der Waals surface area contributed by atoms with Crippen molar-refractivity contribution in [3.63, 3.8) is 0 Å². The summed E-state index contributed by atoms with van der Waals surface area (Å²) in [5, 5.41) is 7.78. The fraction of sp³-hybridized carbons (Fsp3) is 0.524. The first kappa shape index (κ1) is 19.4. The van der Waals surface area contributed by atoms with E-state index in [-0.39, 0.29) is 0 Å². The van der Waals surface area contributed by atoms with Gasteiger partial charge in [-0.1, -0.05) is 24.3 Å². The maximum atomic E-state index is 4.89. The summed E-state index contributed by atoms with van der Waals surface area (Å²) >= 11 is 0. The molecule has 2 heterocycles. The van der Waals surface area contributed by atoms with Gasteiger partial charge in [0.2, 0.25) is 0 Å². The Morgan fingerprint density at radius 3 is 2.63 bits per heavy atom. The van der Waals surface area contributed by atoms with Crippen LogP contribution in [0.3, 0.4) is 0 Å². The van der Waals surface area contributed by atoms with Crippen LogP contribution in [-0.2, 0) is 20.1 Å². The smallest absolute Gasteiger partial charge is 0.194 e. The molecule has 2 aromatic rings. The van der Waals surface area contributed by atoms with Gasteiger partial charge in [-0.2, -0.15) is 5.10 Å². The molecule has 3 rings (SSSR count). The van der Waals surface area contributed by atoms with Crippen molar-refractivity contribution in [2.75, 3.05) is 33.7 Å². The van der Waals surface area contributed by atoms with Gasteiger partial charge in [-0.25, -0.2) is 4.99 Å². The van der Waals surface area contributed by atoms with E-state index in [0.29, 0.717) is 12.5 Å². The first-order valence-electron chi connectivity index (χ1n) is 9.79. The number of nitrogens with one attached hydrogen (secondary N) is 1. The number of nitrogens with zero attached hydrogens (tertiary/aromatic N) is 5. The molecule has 1 aromatic heterocycles. The van der Waals surface area contributed by atoms with Gasteiger partial charge in [0.05, 0.1) is 12.7 Å². The van der Waals surface area contributed by atoms with Crippen molar-refractivity contribution in [3.05, 3.63) is 53.3 Å². The molecule has 1 N–H and O–H groups in total. The Kier molecular flexibility index (Phi) is 6.50. The molecule has 1 saturated heterocycles. The number of hydrogen-bond donors (Lipinski definition) is 1. The lowest BCUT2D eigenvalue weighted by atomic mass is 10.0. The average molecular weight is 369 g/mol. The second kappa shape index (κ2) is 9.04. The molecule has 1 unspecified atom stereocenters. The highest BCUT2D eigenvalue weighted by atomic mass is 15.3. The van der Waals surface area contributed by atoms with Gasteiger partial charge in [0.25, 0.3) is 0 Å². The van der Waals surface area contributed by atoms with E-state index >= 15 is 0 Å². The minimum atomic E-state index is 0.535. The van der Waals surface area contributed by atoms with Crippen LogP contribution in [0.25, 0.3) is 0 Å². The highest BCUT2D eigenvalue weighted by Gasteiger charge is 2.26. The van der Waals surface area contributed by atoms with E-state index in [1.54, 1.807) is 0 Å². The first-order valence-corrected chi connectivity index (χ1v) is 9.79. The third-order valence-electron chi connectivity index (χ3n) is 4.95. The molecule has 0 radical (unpaired) electrons. The summed E-state index contributed by atoms with van der Waals surface area (Å²) in [6.45, 7) is 6.72. The zero-order valence-electron chi connectivity index (χ0n) is 17.0. The number of aliphatic imine (C=N–C) groups is 1. The van der Waals surface area contributed by atoms with Crippen LogP contribution in [0.1, 0.15) is 36.0 Å². The molecule has 1 aliphatic heterocycles. The zero-order valence-corrected chi connectivity index (χ0v) is 17.0. The number of aryl methyl sites for hydroxylation is 1. The average Bonchev–Trinajstić information content (AvgIpc) is 3.28. The summed E-state index contributed by atoms with van der Waals surface area (Å²) in [5.41, 5.74) is 3.90. The Morgan fingerprint density at radius 2 is 2.00 bits per heavy atom. The maximum Gasteiger partial charge on any atom is 0.194 e. The van der Waals surface area contributed by atoms with Crippen molar-refractivity contribution < 1.29 is 0 Å². The quantitative estimate of drug-likeness (QED) is 0.628. The van der Waals surface area contributed by atoms with Crippen molar-refractivity contribution in [3.8, 4) is 0 Å². The van der Waals surface area contributed by atoms with E-state index in [0.717, 1.165) is 38.6 Å². The number of rotatable bonds is 6. The van der Waals surface area contributed by atoms with Crippen molar-refractivity contribution in [2.45, 2.75) is 32.4 Å². The van der Waals surface area contributed by atoms with E-state index in [4.69, 9.17) is 4.99 Å². The number of guanidine groups is 1. The van der Waals surface area contributed by atoms with Crippen molar-refractivity contribution in [1.29, 1.82) is 0 Å². The Labute approximate surface area is 162 Å². The number of likely N-dealkylation sites (tertiary alicyclic amines) is 1. The number of benzene rings is 1. The van der Waals surface area contributed by atoms with E-state index in [2.05, 4.69) is 71.7 Å². The molecule has 1 aliphatic rings. The van der Waals surface area contributed by atoms with E-state index in [9.17, 15) is 0 Å². The lowest BCUT2D eigenvalue weighted by molar-refractivity contribution is 0.402. The minimum Gasteiger partial charge on any atom is -0.357 e. The molecule has 6 nitrogen and oxygen atoms in total. The van der Waals surface area contributed by atoms with Crippen molar-refractivity contribution in [1.82, 2.24) is 24.9 Å². The highest BCUT2D eigenvalue weighted by molar-refractivity contribution is 5.80. The van der Waals surface area contributed by atoms with Crippen LogP contribution < -0.4 is 5.32 Å². The molecule has 0 aliphatic carbocycles. The van der Waals surface area contributed by atoms with Crippen LogP contribution in [0.15, 0.2) is 41.7 Å². The van der Waals surface area contributed by atoms with Crippen molar-refractivity contribution in [2.24, 2.45) is 12.0 Å². The lowest BCUT2D eigenvalue weighted by Gasteiger charge is -2.21. The molecule has 0 bridgehead atoms. The number of aromatic nitrogens is 2. The molecule has 0 spiro atoms. The Bertz CT molecular complexity index is 746. The minimum absolute atomic E-state index is 0.535. The van der Waals surface area contributed by atoms with Crippen LogP contribution in [0.4, 0.5) is 0 Å². The maximum absolute atomic E-state index is 4.89.